The third kappa shape index (κ3) is 2.28. The molecule has 0 saturated heterocycles. The maximum Gasteiger partial charge on any atom is 0.292 e. The van der Waals surface area contributed by atoms with Gasteiger partial charge in [-0.2, -0.15) is 0 Å². The van der Waals surface area contributed by atoms with Gasteiger partial charge in [0.1, 0.15) is 5.69 Å². The summed E-state index contributed by atoms with van der Waals surface area (Å²) in [4.78, 5) is 10.3. The van der Waals surface area contributed by atoms with Crippen molar-refractivity contribution in [3.05, 3.63) is 57.1 Å². The van der Waals surface area contributed by atoms with E-state index in [1.807, 2.05) is 31.2 Å². The van der Waals surface area contributed by atoms with Crippen molar-refractivity contribution in [3.63, 3.8) is 0 Å². The number of nitro benzene ring substituents is 1. The van der Waals surface area contributed by atoms with Gasteiger partial charge in [0.15, 0.2) is 0 Å². The zero-order valence-corrected chi connectivity index (χ0v) is 10.4. The second kappa shape index (κ2) is 4.66. The highest BCUT2D eigenvalue weighted by Crippen LogP contribution is 2.35. The first-order valence-corrected chi connectivity index (χ1v) is 5.67. The van der Waals surface area contributed by atoms with Gasteiger partial charge in [-0.25, -0.2) is 0 Å². The van der Waals surface area contributed by atoms with Crippen molar-refractivity contribution in [1.29, 1.82) is 0 Å². The first-order valence-electron chi connectivity index (χ1n) is 5.29. The van der Waals surface area contributed by atoms with Crippen molar-refractivity contribution in [2.45, 2.75) is 6.92 Å². The van der Waals surface area contributed by atoms with Crippen molar-refractivity contribution in [2.75, 3.05) is 5.73 Å². The summed E-state index contributed by atoms with van der Waals surface area (Å²) in [5.41, 5.74) is 8.06. The van der Waals surface area contributed by atoms with Crippen molar-refractivity contribution >= 4 is 23.0 Å². The van der Waals surface area contributed by atoms with Gasteiger partial charge in [-0.05, 0) is 18.6 Å². The van der Waals surface area contributed by atoms with E-state index < -0.39 is 4.92 Å². The number of rotatable bonds is 2. The Morgan fingerprint density at radius 1 is 1.22 bits per heavy atom. The molecular weight excluding hydrogens is 252 g/mol. The minimum Gasteiger partial charge on any atom is -0.393 e. The lowest BCUT2D eigenvalue weighted by Gasteiger charge is -2.06. The lowest BCUT2D eigenvalue weighted by atomic mass is 10.0. The molecule has 2 rings (SSSR count). The number of nitrogens with two attached hydrogens (primary N) is 1. The predicted molar refractivity (Wildman–Crippen MR) is 72.7 cm³/mol. The molecule has 2 aromatic carbocycles. The monoisotopic (exact) mass is 262 g/mol. The molecule has 0 atom stereocenters. The van der Waals surface area contributed by atoms with Gasteiger partial charge in [0.2, 0.25) is 0 Å². The molecule has 0 aliphatic carbocycles. The fourth-order valence-electron chi connectivity index (χ4n) is 1.69. The number of anilines is 1. The highest BCUT2D eigenvalue weighted by molar-refractivity contribution is 6.33. The van der Waals surface area contributed by atoms with Crippen LogP contribution in [0, 0.1) is 17.0 Å². The van der Waals surface area contributed by atoms with Crippen LogP contribution in [0.25, 0.3) is 11.1 Å². The lowest BCUT2D eigenvalue weighted by Crippen LogP contribution is -1.96. The molecule has 0 radical (unpaired) electrons. The number of nitrogen functional groups attached to an aromatic ring is 1. The first kappa shape index (κ1) is 12.4. The number of aryl methyl sites for hydroxylation is 1. The van der Waals surface area contributed by atoms with E-state index in [0.717, 1.165) is 11.1 Å². The standard InChI is InChI=1S/C13H11ClN2O2/c1-8-2-4-9(5-3-8)10-6-13(16(17)18)12(15)7-11(10)14/h2-7H,15H2,1H3. The van der Waals surface area contributed by atoms with Gasteiger partial charge < -0.3 is 5.73 Å². The first-order chi connectivity index (χ1) is 8.49. The minimum atomic E-state index is -0.511. The molecule has 0 unspecified atom stereocenters. The van der Waals surface area contributed by atoms with Gasteiger partial charge in [-0.1, -0.05) is 41.4 Å². The summed E-state index contributed by atoms with van der Waals surface area (Å²) in [5, 5.41) is 11.3. The van der Waals surface area contributed by atoms with Crippen LogP contribution >= 0.6 is 11.6 Å². The highest BCUT2D eigenvalue weighted by atomic mass is 35.5. The average Bonchev–Trinajstić information content (AvgIpc) is 2.30. The van der Waals surface area contributed by atoms with Gasteiger partial charge in [0, 0.05) is 11.6 Å². The molecule has 0 bridgehead atoms. The molecule has 0 saturated carbocycles. The fourth-order valence-corrected chi connectivity index (χ4v) is 1.97. The molecule has 0 fully saturated rings. The van der Waals surface area contributed by atoms with Crippen LogP contribution in [0.1, 0.15) is 5.56 Å². The topological polar surface area (TPSA) is 69.2 Å². The predicted octanol–water partition coefficient (Wildman–Crippen LogP) is 3.81. The molecular formula is C13H11ClN2O2. The number of halogens is 1. The van der Waals surface area contributed by atoms with Gasteiger partial charge in [-0.3, -0.25) is 10.1 Å². The zero-order valence-electron chi connectivity index (χ0n) is 9.68. The number of benzene rings is 2. The average molecular weight is 263 g/mol. The molecule has 5 heteroatoms. The quantitative estimate of drug-likeness (QED) is 0.508. The zero-order chi connectivity index (χ0) is 13.3. The Morgan fingerprint density at radius 2 is 1.83 bits per heavy atom. The number of nitro groups is 1. The Hall–Kier alpha value is -2.07. The third-order valence-electron chi connectivity index (χ3n) is 2.68. The van der Waals surface area contributed by atoms with Crippen LogP contribution in [0.4, 0.5) is 11.4 Å². The van der Waals surface area contributed by atoms with Crippen LogP contribution in [0.15, 0.2) is 36.4 Å². The second-order valence-electron chi connectivity index (χ2n) is 4.01. The van der Waals surface area contributed by atoms with Gasteiger partial charge in [0.25, 0.3) is 5.69 Å². The van der Waals surface area contributed by atoms with E-state index in [-0.39, 0.29) is 11.4 Å². The van der Waals surface area contributed by atoms with Crippen molar-refractivity contribution < 1.29 is 4.92 Å². The summed E-state index contributed by atoms with van der Waals surface area (Å²) < 4.78 is 0. The SMILES string of the molecule is Cc1ccc(-c2cc([N+](=O)[O-])c(N)cc2Cl)cc1. The molecule has 0 aliphatic rings. The summed E-state index contributed by atoms with van der Waals surface area (Å²) in [5.74, 6) is 0. The van der Waals surface area contributed by atoms with Crippen molar-refractivity contribution in [2.24, 2.45) is 0 Å². The molecule has 2 aromatic rings. The second-order valence-corrected chi connectivity index (χ2v) is 4.42. The molecule has 0 heterocycles. The summed E-state index contributed by atoms with van der Waals surface area (Å²) >= 11 is 6.08. The number of hydrogen-bond acceptors (Lipinski definition) is 3. The van der Waals surface area contributed by atoms with Gasteiger partial charge in [-0.15, -0.1) is 0 Å². The van der Waals surface area contributed by atoms with E-state index in [1.165, 1.54) is 12.1 Å². The highest BCUT2D eigenvalue weighted by Gasteiger charge is 2.16. The maximum atomic E-state index is 10.9. The molecule has 2 N–H and O–H groups in total. The van der Waals surface area contributed by atoms with Gasteiger partial charge in [0.05, 0.1) is 9.95 Å². The number of nitrogens with zero attached hydrogens (tertiary/aromatic N) is 1. The molecule has 4 nitrogen and oxygen atoms in total. The van der Waals surface area contributed by atoms with E-state index in [0.29, 0.717) is 10.6 Å². The smallest absolute Gasteiger partial charge is 0.292 e. The van der Waals surface area contributed by atoms with E-state index >= 15 is 0 Å². The summed E-state index contributed by atoms with van der Waals surface area (Å²) in [6.45, 7) is 1.97. The third-order valence-corrected chi connectivity index (χ3v) is 2.99. The normalized spacial score (nSPS) is 10.3. The van der Waals surface area contributed by atoms with Crippen molar-refractivity contribution in [3.8, 4) is 11.1 Å². The Balaban J connectivity index is 2.60. The lowest BCUT2D eigenvalue weighted by molar-refractivity contribution is -0.383. The van der Waals surface area contributed by atoms with E-state index in [9.17, 15) is 10.1 Å². The van der Waals surface area contributed by atoms with E-state index in [4.69, 9.17) is 17.3 Å². The van der Waals surface area contributed by atoms with E-state index in [1.54, 1.807) is 0 Å². The Kier molecular flexibility index (Phi) is 3.21. The molecule has 0 aromatic heterocycles. The van der Waals surface area contributed by atoms with Gasteiger partial charge >= 0.3 is 0 Å². The van der Waals surface area contributed by atoms with Crippen LogP contribution in [0.2, 0.25) is 5.02 Å². The number of hydrogen-bond donors (Lipinski definition) is 1. The van der Waals surface area contributed by atoms with Crippen LogP contribution < -0.4 is 5.73 Å². The molecule has 18 heavy (non-hydrogen) atoms. The summed E-state index contributed by atoms with van der Waals surface area (Å²) in [6, 6.07) is 10.4. The summed E-state index contributed by atoms with van der Waals surface area (Å²) in [6.07, 6.45) is 0. The largest absolute Gasteiger partial charge is 0.393 e. The minimum absolute atomic E-state index is 0.0702. The fraction of sp³-hybridized carbons (Fsp3) is 0.0769. The van der Waals surface area contributed by atoms with Crippen LogP contribution in [-0.2, 0) is 0 Å². The van der Waals surface area contributed by atoms with Crippen LogP contribution in [-0.4, -0.2) is 4.92 Å². The maximum absolute atomic E-state index is 10.9. The molecule has 0 aliphatic heterocycles. The van der Waals surface area contributed by atoms with Crippen LogP contribution in [0.3, 0.4) is 0 Å². The Morgan fingerprint density at radius 3 is 2.39 bits per heavy atom. The molecule has 0 spiro atoms. The summed E-state index contributed by atoms with van der Waals surface area (Å²) in [7, 11) is 0. The van der Waals surface area contributed by atoms with E-state index in [2.05, 4.69) is 0 Å². The van der Waals surface area contributed by atoms with Crippen LogP contribution in [0.5, 0.6) is 0 Å². The molecule has 0 amide bonds. The Bertz CT molecular complexity index is 609. The van der Waals surface area contributed by atoms with Crippen molar-refractivity contribution in [1.82, 2.24) is 0 Å². The molecule has 92 valence electrons. The Labute approximate surface area is 109 Å².